The predicted molar refractivity (Wildman–Crippen MR) is 81.0 cm³/mol. The van der Waals surface area contributed by atoms with Crippen molar-refractivity contribution < 1.29 is 14.3 Å². The minimum Gasteiger partial charge on any atom is -0.444 e. The lowest BCUT2D eigenvalue weighted by molar-refractivity contribution is -0.120. The van der Waals surface area contributed by atoms with Gasteiger partial charge in [-0.1, -0.05) is 15.9 Å². The average molecular weight is 346 g/mol. The quantitative estimate of drug-likeness (QED) is 0.720. The van der Waals surface area contributed by atoms with Crippen LogP contribution in [0.4, 0.5) is 4.79 Å². The van der Waals surface area contributed by atoms with Gasteiger partial charge in [0.1, 0.15) is 11.4 Å². The molecule has 2 fully saturated rings. The topological polar surface area (TPSA) is 46.6 Å². The fourth-order valence-electron chi connectivity index (χ4n) is 3.38. The summed E-state index contributed by atoms with van der Waals surface area (Å²) < 4.78 is 5.43. The summed E-state index contributed by atoms with van der Waals surface area (Å²) in [6.07, 6.45) is 3.72. The van der Waals surface area contributed by atoms with Crippen molar-refractivity contribution in [1.29, 1.82) is 0 Å². The summed E-state index contributed by atoms with van der Waals surface area (Å²) in [5, 5.41) is 0.448. The Morgan fingerprint density at radius 2 is 2.05 bits per heavy atom. The molecule has 0 radical (unpaired) electrons. The maximum atomic E-state index is 12.1. The number of rotatable bonds is 2. The first-order chi connectivity index (χ1) is 9.25. The Labute approximate surface area is 129 Å². The number of carbonyl (C=O) groups excluding carboxylic acids is 2. The Hall–Kier alpha value is -0.580. The molecule has 2 rings (SSSR count). The van der Waals surface area contributed by atoms with Crippen LogP contribution in [0, 0.1) is 11.3 Å². The van der Waals surface area contributed by atoms with Gasteiger partial charge in [0, 0.05) is 19.0 Å². The number of hydrogen-bond acceptors (Lipinski definition) is 3. The third-order valence-electron chi connectivity index (χ3n) is 4.38. The van der Waals surface area contributed by atoms with Crippen LogP contribution < -0.4 is 0 Å². The molecule has 1 aliphatic carbocycles. The molecule has 0 bridgehead atoms. The molecule has 1 saturated carbocycles. The molecule has 1 heterocycles. The van der Waals surface area contributed by atoms with Gasteiger partial charge < -0.3 is 9.64 Å². The number of likely N-dealkylation sites (tertiary alicyclic amines) is 1. The SMILES string of the molecule is CC(C)(C)OC(=O)N1CCC2(CCC(C(=O)CBr)C2)C1. The van der Waals surface area contributed by atoms with Gasteiger partial charge in [-0.3, -0.25) is 4.79 Å². The van der Waals surface area contributed by atoms with Crippen molar-refractivity contribution in [2.45, 2.75) is 52.1 Å². The largest absolute Gasteiger partial charge is 0.444 e. The van der Waals surface area contributed by atoms with Crippen molar-refractivity contribution in [3.05, 3.63) is 0 Å². The standard InChI is InChI=1S/C15H24BrNO3/c1-14(2,3)20-13(19)17-7-6-15(10-17)5-4-11(8-15)12(18)9-16/h11H,4-10H2,1-3H3. The number of ketones is 1. The van der Waals surface area contributed by atoms with Gasteiger partial charge in [0.15, 0.2) is 0 Å². The minimum atomic E-state index is -0.447. The highest BCUT2D eigenvalue weighted by Gasteiger charge is 2.47. The van der Waals surface area contributed by atoms with E-state index in [-0.39, 0.29) is 17.4 Å². The van der Waals surface area contributed by atoms with Crippen LogP contribution in [0.1, 0.15) is 46.5 Å². The minimum absolute atomic E-state index is 0.152. The van der Waals surface area contributed by atoms with Gasteiger partial charge in [-0.25, -0.2) is 4.79 Å². The first-order valence-electron chi connectivity index (χ1n) is 7.31. The number of alkyl halides is 1. The van der Waals surface area contributed by atoms with Crippen LogP contribution in [-0.2, 0) is 9.53 Å². The van der Waals surface area contributed by atoms with Crippen molar-refractivity contribution in [3.8, 4) is 0 Å². The number of hydrogen-bond donors (Lipinski definition) is 0. The molecule has 0 aromatic heterocycles. The van der Waals surface area contributed by atoms with Gasteiger partial charge >= 0.3 is 6.09 Å². The van der Waals surface area contributed by atoms with Crippen LogP contribution in [0.2, 0.25) is 0 Å². The molecule has 4 nitrogen and oxygen atoms in total. The van der Waals surface area contributed by atoms with Crippen LogP contribution in [-0.4, -0.2) is 40.8 Å². The lowest BCUT2D eigenvalue weighted by atomic mass is 9.84. The van der Waals surface area contributed by atoms with Crippen LogP contribution >= 0.6 is 15.9 Å². The van der Waals surface area contributed by atoms with Crippen LogP contribution in [0.3, 0.4) is 0 Å². The molecular formula is C15H24BrNO3. The summed E-state index contributed by atoms with van der Waals surface area (Å²) in [4.78, 5) is 25.7. The highest BCUT2D eigenvalue weighted by molar-refractivity contribution is 9.09. The lowest BCUT2D eigenvalue weighted by Crippen LogP contribution is -2.36. The normalized spacial score (nSPS) is 30.0. The summed E-state index contributed by atoms with van der Waals surface area (Å²) in [5.41, 5.74) is -0.295. The molecular weight excluding hydrogens is 322 g/mol. The molecule has 1 saturated heterocycles. The molecule has 2 aliphatic rings. The molecule has 2 atom stereocenters. The summed E-state index contributed by atoms with van der Waals surface area (Å²) in [6, 6.07) is 0. The van der Waals surface area contributed by atoms with Crippen molar-refractivity contribution in [2.24, 2.45) is 11.3 Å². The third-order valence-corrected chi connectivity index (χ3v) is 4.93. The molecule has 1 amide bonds. The van der Waals surface area contributed by atoms with Gasteiger partial charge in [0.2, 0.25) is 0 Å². The molecule has 20 heavy (non-hydrogen) atoms. The average Bonchev–Trinajstić information content (AvgIpc) is 2.95. The van der Waals surface area contributed by atoms with E-state index in [1.165, 1.54) is 0 Å². The molecule has 0 aromatic rings. The number of amides is 1. The summed E-state index contributed by atoms with van der Waals surface area (Å²) >= 11 is 3.26. The predicted octanol–water partition coefficient (Wildman–Crippen LogP) is 3.38. The fraction of sp³-hybridized carbons (Fsp3) is 0.867. The van der Waals surface area contributed by atoms with Crippen LogP contribution in [0.15, 0.2) is 0 Å². The van der Waals surface area contributed by atoms with Gasteiger partial charge in [-0.15, -0.1) is 0 Å². The number of halogens is 1. The maximum absolute atomic E-state index is 12.1. The van der Waals surface area contributed by atoms with E-state index in [1.807, 2.05) is 25.7 Å². The fourth-order valence-corrected chi connectivity index (χ4v) is 3.84. The highest BCUT2D eigenvalue weighted by atomic mass is 79.9. The van der Waals surface area contributed by atoms with E-state index in [1.54, 1.807) is 0 Å². The summed E-state index contributed by atoms with van der Waals surface area (Å²) in [6.45, 7) is 7.16. The zero-order chi connectivity index (χ0) is 15.0. The smallest absolute Gasteiger partial charge is 0.410 e. The van der Waals surface area contributed by atoms with Gasteiger partial charge in [0.25, 0.3) is 0 Å². The first kappa shape index (κ1) is 15.8. The van der Waals surface area contributed by atoms with Crippen molar-refractivity contribution in [3.63, 3.8) is 0 Å². The molecule has 0 aromatic carbocycles. The number of Topliss-reactive ketones (excluding diaryl/α,β-unsaturated/α-hetero) is 1. The molecule has 114 valence electrons. The molecule has 5 heteroatoms. The van der Waals surface area contributed by atoms with Gasteiger partial charge in [-0.05, 0) is 51.9 Å². The Morgan fingerprint density at radius 3 is 2.65 bits per heavy atom. The third kappa shape index (κ3) is 3.54. The van der Waals surface area contributed by atoms with E-state index in [0.29, 0.717) is 11.1 Å². The Morgan fingerprint density at radius 1 is 1.35 bits per heavy atom. The van der Waals surface area contributed by atoms with Crippen LogP contribution in [0.25, 0.3) is 0 Å². The Balaban J connectivity index is 1.93. The Kier molecular flexibility index (Phi) is 4.47. The molecule has 2 unspecified atom stereocenters. The van der Waals surface area contributed by atoms with E-state index in [2.05, 4.69) is 15.9 Å². The number of ether oxygens (including phenoxy) is 1. The van der Waals surface area contributed by atoms with Crippen molar-refractivity contribution >= 4 is 27.8 Å². The highest BCUT2D eigenvalue weighted by Crippen LogP contribution is 2.48. The second-order valence-corrected chi connectivity index (χ2v) is 7.75. The first-order valence-corrected chi connectivity index (χ1v) is 8.43. The monoisotopic (exact) mass is 345 g/mol. The number of carbonyl (C=O) groups is 2. The van der Waals surface area contributed by atoms with E-state index in [9.17, 15) is 9.59 Å². The zero-order valence-corrected chi connectivity index (χ0v) is 14.2. The van der Waals surface area contributed by atoms with E-state index >= 15 is 0 Å². The Bertz CT molecular complexity index is 404. The molecule has 0 N–H and O–H groups in total. The molecule has 1 spiro atoms. The van der Waals surface area contributed by atoms with E-state index in [0.717, 1.165) is 38.8 Å². The maximum Gasteiger partial charge on any atom is 0.410 e. The second kappa shape index (κ2) is 5.66. The van der Waals surface area contributed by atoms with E-state index < -0.39 is 5.60 Å². The number of nitrogens with zero attached hydrogens (tertiary/aromatic N) is 1. The summed E-state index contributed by atoms with van der Waals surface area (Å²) in [7, 11) is 0. The van der Waals surface area contributed by atoms with Gasteiger partial charge in [-0.2, -0.15) is 0 Å². The summed E-state index contributed by atoms with van der Waals surface area (Å²) in [5.74, 6) is 0.477. The molecule has 1 aliphatic heterocycles. The van der Waals surface area contributed by atoms with E-state index in [4.69, 9.17) is 4.74 Å². The van der Waals surface area contributed by atoms with Gasteiger partial charge in [0.05, 0.1) is 5.33 Å². The zero-order valence-electron chi connectivity index (χ0n) is 12.6. The lowest BCUT2D eigenvalue weighted by Gasteiger charge is -2.27. The van der Waals surface area contributed by atoms with Crippen molar-refractivity contribution in [1.82, 2.24) is 4.90 Å². The van der Waals surface area contributed by atoms with Crippen LogP contribution in [0.5, 0.6) is 0 Å². The second-order valence-electron chi connectivity index (χ2n) is 7.19. The van der Waals surface area contributed by atoms with Crippen molar-refractivity contribution in [2.75, 3.05) is 18.4 Å².